The second-order valence-corrected chi connectivity index (χ2v) is 10.7. The Labute approximate surface area is 225 Å². The summed E-state index contributed by atoms with van der Waals surface area (Å²) in [5, 5.41) is 10.9. The van der Waals surface area contributed by atoms with Gasteiger partial charge in [-0.1, -0.05) is 37.0 Å². The summed E-state index contributed by atoms with van der Waals surface area (Å²) in [6.45, 7) is -0.110. The Bertz CT molecular complexity index is 1410. The van der Waals surface area contributed by atoms with Crippen LogP contribution in [0.5, 0.6) is 5.75 Å². The molecule has 39 heavy (non-hydrogen) atoms. The van der Waals surface area contributed by atoms with Gasteiger partial charge in [0, 0.05) is 0 Å². The number of rotatable bonds is 10. The fourth-order valence-corrected chi connectivity index (χ4v) is 5.20. The average molecular weight is 572 g/mol. The highest BCUT2D eigenvalue weighted by Gasteiger charge is 2.58. The highest BCUT2D eigenvalue weighted by atomic mass is 31.2. The van der Waals surface area contributed by atoms with Crippen LogP contribution in [0.2, 0.25) is 0 Å². The van der Waals surface area contributed by atoms with Crippen LogP contribution < -0.4 is 15.9 Å². The predicted octanol–water partition coefficient (Wildman–Crippen LogP) is 2.04. The second kappa shape index (κ2) is 12.7. The van der Waals surface area contributed by atoms with E-state index < -0.39 is 80.7 Å². The number of hydrogen-bond donors (Lipinski definition) is 2. The van der Waals surface area contributed by atoms with Gasteiger partial charge in [0.25, 0.3) is 0 Å². The van der Waals surface area contributed by atoms with E-state index in [1.54, 1.807) is 25.8 Å². The molecule has 0 saturated carbocycles. The summed E-state index contributed by atoms with van der Waals surface area (Å²) in [6.07, 6.45) is -7.52. The van der Waals surface area contributed by atoms with Crippen LogP contribution in [-0.4, -0.2) is 69.0 Å². The molecule has 2 heterocycles. The van der Waals surface area contributed by atoms with E-state index in [4.69, 9.17) is 27.0 Å². The number of aliphatic hydroxyl groups is 1. The van der Waals surface area contributed by atoms with Crippen LogP contribution in [0.15, 0.2) is 41.5 Å². The molecule has 3 N–H and O–H groups in total. The lowest BCUT2D eigenvalue weighted by Crippen LogP contribution is -2.44. The first-order valence-electron chi connectivity index (χ1n) is 12.7. The van der Waals surface area contributed by atoms with Crippen molar-refractivity contribution in [3.05, 3.63) is 47.1 Å². The second-order valence-electron chi connectivity index (χ2n) is 8.76. The fourth-order valence-electron chi connectivity index (χ4n) is 3.49. The van der Waals surface area contributed by atoms with Crippen molar-refractivity contribution >= 4 is 19.5 Å². The third-order valence-electron chi connectivity index (χ3n) is 5.24. The van der Waals surface area contributed by atoms with Crippen molar-refractivity contribution < 1.29 is 44.5 Å². The number of esters is 1. The van der Waals surface area contributed by atoms with Gasteiger partial charge in [0.15, 0.2) is 6.23 Å². The maximum Gasteiger partial charge on any atom is 0.380 e. The normalized spacial score (nSPS) is 26.0. The van der Waals surface area contributed by atoms with E-state index in [0.717, 1.165) is 6.33 Å². The van der Waals surface area contributed by atoms with Crippen molar-refractivity contribution in [3.8, 4) is 17.6 Å². The molecule has 1 unspecified atom stereocenters. The monoisotopic (exact) mass is 572 g/mol. The molecule has 1 aliphatic heterocycles. The summed E-state index contributed by atoms with van der Waals surface area (Å²) >= 11 is 0. The number of nitrogen functional groups attached to an aromatic ring is 1. The molecular formula is C24H29F2N4O8P. The van der Waals surface area contributed by atoms with E-state index in [1.165, 1.54) is 31.2 Å². The van der Waals surface area contributed by atoms with Crippen LogP contribution in [0.4, 0.5) is 14.7 Å². The Morgan fingerprint density at radius 2 is 2.08 bits per heavy atom. The largest absolute Gasteiger partial charge is 0.463 e. The van der Waals surface area contributed by atoms with Crippen molar-refractivity contribution in [1.82, 2.24) is 14.5 Å². The number of ether oxygens (including phenoxy) is 2. The molecule has 1 aliphatic rings. The number of halogens is 2. The van der Waals surface area contributed by atoms with Gasteiger partial charge in [0.05, 0.1) is 27.5 Å². The maximum absolute atomic E-state index is 16.2. The molecule has 212 valence electrons. The van der Waals surface area contributed by atoms with E-state index in [1.807, 2.05) is 5.92 Å². The number of aliphatic hydroxyl groups excluding tert-OH is 1. The molecule has 1 saturated heterocycles. The van der Waals surface area contributed by atoms with Crippen LogP contribution in [0.3, 0.4) is 0 Å². The Balaban J connectivity index is 2.00. The lowest BCUT2D eigenvalue weighted by Gasteiger charge is -2.24. The molecule has 12 nitrogen and oxygen atoms in total. The highest BCUT2D eigenvalue weighted by molar-refractivity contribution is 7.54. The third-order valence-corrected chi connectivity index (χ3v) is 7.11. The molecule has 3 rings (SSSR count). The molecule has 0 spiro atoms. The molecule has 1 aromatic carbocycles. The molecule has 0 bridgehead atoms. The number of anilines is 1. The molecule has 0 aliphatic carbocycles. The quantitative estimate of drug-likeness (QED) is 0.243. The van der Waals surface area contributed by atoms with Crippen LogP contribution in [-0.2, 0) is 23.4 Å². The zero-order valence-electron chi connectivity index (χ0n) is 23.2. The summed E-state index contributed by atoms with van der Waals surface area (Å²) in [6, 6.07) is 7.49. The van der Waals surface area contributed by atoms with Crippen LogP contribution in [0.1, 0.15) is 29.7 Å². The molecule has 6 atom stereocenters. The first-order chi connectivity index (χ1) is 19.1. The van der Waals surface area contributed by atoms with Gasteiger partial charge in [0.1, 0.15) is 31.0 Å². The van der Waals surface area contributed by atoms with Gasteiger partial charge < -0.3 is 24.8 Å². The summed E-state index contributed by atoms with van der Waals surface area (Å²) in [5.74, 6) is 1.24. The number of hydrogen-bond acceptors (Lipinski definition) is 11. The van der Waals surface area contributed by atoms with E-state index in [9.17, 15) is 23.7 Å². The molecule has 1 fully saturated rings. The Morgan fingerprint density at radius 3 is 2.69 bits per heavy atom. The number of benzene rings is 1. The summed E-state index contributed by atoms with van der Waals surface area (Å²) in [5.41, 5.74) is 0.869. The topological polar surface area (TPSA) is 165 Å². The number of nitrogens with zero attached hydrogens (tertiary/aromatic N) is 3. The lowest BCUT2D eigenvalue weighted by atomic mass is 9.96. The van der Waals surface area contributed by atoms with Gasteiger partial charge >= 0.3 is 19.3 Å². The number of para-hydroxylation sites is 1. The smallest absolute Gasteiger partial charge is 0.380 e. The number of aromatic nitrogens is 3. The highest BCUT2D eigenvalue weighted by Crippen LogP contribution is 2.51. The summed E-state index contributed by atoms with van der Waals surface area (Å²) in [7, 11) is -4.66. The number of carbonyl (C=O) groups excluding carboxylic acids is 1. The zero-order valence-corrected chi connectivity index (χ0v) is 22.1. The van der Waals surface area contributed by atoms with E-state index >= 15 is 4.39 Å². The lowest BCUT2D eigenvalue weighted by molar-refractivity contribution is -0.151. The Hall–Kier alpha value is -3.37. The molecule has 1 aromatic heterocycles. The molecule has 2 aromatic rings. The Morgan fingerprint density at radius 1 is 1.38 bits per heavy atom. The van der Waals surface area contributed by atoms with Crippen molar-refractivity contribution in [2.24, 2.45) is 5.92 Å². The summed E-state index contributed by atoms with van der Waals surface area (Å²) in [4.78, 5) is 31.7. The SMILES string of the molecule is [2H]C([2H])(O[P@@](=O)(C[C@@H](C)C(=O)OC(C)C)Oc1ccccc1)[C@H]1O[C@@H](n2cnc(N)nc2=O)C(F)(C#CCF)[C@H]1O. The number of nitrogens with two attached hydrogens (primary N) is 1. The van der Waals surface area contributed by atoms with Crippen LogP contribution in [0, 0.1) is 17.8 Å². The van der Waals surface area contributed by atoms with Gasteiger partial charge in [-0.25, -0.2) is 23.1 Å². The zero-order chi connectivity index (χ0) is 30.6. The molecule has 15 heteroatoms. The summed E-state index contributed by atoms with van der Waals surface area (Å²) < 4.78 is 81.7. The third kappa shape index (κ3) is 7.39. The fraction of sp³-hybridized carbons (Fsp3) is 0.500. The minimum atomic E-state index is -4.66. The van der Waals surface area contributed by atoms with E-state index in [2.05, 4.69) is 9.97 Å². The minimum Gasteiger partial charge on any atom is -0.463 e. The van der Waals surface area contributed by atoms with Crippen LogP contribution >= 0.6 is 7.60 Å². The molecular weight excluding hydrogens is 541 g/mol. The molecule has 0 radical (unpaired) electrons. The first kappa shape index (κ1) is 27.2. The van der Waals surface area contributed by atoms with Gasteiger partial charge in [-0.2, -0.15) is 4.98 Å². The first-order valence-corrected chi connectivity index (χ1v) is 13.4. The van der Waals surface area contributed by atoms with Crippen molar-refractivity contribution in [2.75, 3.05) is 25.1 Å². The molecule has 0 amide bonds. The van der Waals surface area contributed by atoms with Gasteiger partial charge in [-0.15, -0.1) is 0 Å². The van der Waals surface area contributed by atoms with Gasteiger partial charge in [0.2, 0.25) is 11.6 Å². The van der Waals surface area contributed by atoms with E-state index in [0.29, 0.717) is 4.57 Å². The van der Waals surface area contributed by atoms with Crippen molar-refractivity contribution in [3.63, 3.8) is 0 Å². The standard InChI is InChI=1S/C24H29F2N4O8P/c1-15(2)36-20(32)16(3)13-39(34,38-17-8-5-4-6-9-17)35-12-18-19(31)24(26,10-7-11-25)21(37-18)30-14-28-22(27)29-23(30)33/h4-6,8-9,14-16,18-19,21,31H,11-13H2,1-3H3,(H2,27,29,33)/t16-,18-,19+,21-,24?,39+/m1/s1/i12D2. The van der Waals surface area contributed by atoms with Crippen LogP contribution in [0.25, 0.3) is 0 Å². The van der Waals surface area contributed by atoms with Gasteiger partial charge in [-0.05, 0) is 26.0 Å². The number of alkyl halides is 2. The minimum absolute atomic E-state index is 0.0129. The maximum atomic E-state index is 16.2. The predicted molar refractivity (Wildman–Crippen MR) is 134 cm³/mol. The Kier molecular flexibility index (Phi) is 8.83. The van der Waals surface area contributed by atoms with E-state index in [-0.39, 0.29) is 5.75 Å². The van der Waals surface area contributed by atoms with Crippen molar-refractivity contribution in [2.45, 2.75) is 51.0 Å². The average Bonchev–Trinajstić information content (AvgIpc) is 3.13. The van der Waals surface area contributed by atoms with Crippen molar-refractivity contribution in [1.29, 1.82) is 0 Å². The number of carbonyl (C=O) groups is 1. The van der Waals surface area contributed by atoms with Gasteiger partial charge in [-0.3, -0.25) is 13.9 Å².